The molecule has 2 aromatic rings. The van der Waals surface area contributed by atoms with E-state index in [4.69, 9.17) is 0 Å². The van der Waals surface area contributed by atoms with E-state index in [1.165, 1.54) is 23.2 Å². The standard InChI is InChI=1S/C12H10N2O2S/c1-9(16)14(11-5-3-2-4-6-11)12-13-10(7-15)8-17-12/h2-8H,1H3. The van der Waals surface area contributed by atoms with Crippen LogP contribution in [0.1, 0.15) is 17.4 Å². The van der Waals surface area contributed by atoms with Gasteiger partial charge in [0, 0.05) is 12.3 Å². The van der Waals surface area contributed by atoms with Crippen molar-refractivity contribution in [2.75, 3.05) is 4.90 Å². The lowest BCUT2D eigenvalue weighted by Crippen LogP contribution is -2.22. The van der Waals surface area contributed by atoms with Crippen LogP contribution < -0.4 is 4.90 Å². The smallest absolute Gasteiger partial charge is 0.230 e. The summed E-state index contributed by atoms with van der Waals surface area (Å²) in [6.07, 6.45) is 0.670. The van der Waals surface area contributed by atoms with Gasteiger partial charge in [-0.2, -0.15) is 0 Å². The Morgan fingerprint density at radius 1 is 1.35 bits per heavy atom. The highest BCUT2D eigenvalue weighted by molar-refractivity contribution is 7.14. The van der Waals surface area contributed by atoms with Crippen LogP contribution in [0.4, 0.5) is 10.8 Å². The maximum Gasteiger partial charge on any atom is 0.230 e. The Kier molecular flexibility index (Phi) is 3.30. The SMILES string of the molecule is CC(=O)N(c1ccccc1)c1nc(C=O)cs1. The lowest BCUT2D eigenvalue weighted by atomic mass is 10.3. The van der Waals surface area contributed by atoms with Gasteiger partial charge in [-0.3, -0.25) is 14.5 Å². The van der Waals surface area contributed by atoms with Crippen LogP contribution in [0.3, 0.4) is 0 Å². The van der Waals surface area contributed by atoms with Crippen molar-refractivity contribution in [2.45, 2.75) is 6.92 Å². The molecule has 0 spiro atoms. The molecule has 1 heterocycles. The van der Waals surface area contributed by atoms with Crippen molar-refractivity contribution in [2.24, 2.45) is 0 Å². The van der Waals surface area contributed by atoms with Crippen molar-refractivity contribution < 1.29 is 9.59 Å². The van der Waals surface area contributed by atoms with Crippen molar-refractivity contribution >= 4 is 34.3 Å². The molecule has 0 aliphatic heterocycles. The van der Waals surface area contributed by atoms with Crippen molar-refractivity contribution in [1.82, 2.24) is 4.98 Å². The molecule has 0 fully saturated rings. The van der Waals surface area contributed by atoms with E-state index in [1.54, 1.807) is 5.38 Å². The normalized spacial score (nSPS) is 9.94. The molecule has 17 heavy (non-hydrogen) atoms. The maximum atomic E-state index is 11.6. The minimum Gasteiger partial charge on any atom is -0.296 e. The van der Waals surface area contributed by atoms with E-state index < -0.39 is 0 Å². The van der Waals surface area contributed by atoms with Crippen LogP contribution >= 0.6 is 11.3 Å². The summed E-state index contributed by atoms with van der Waals surface area (Å²) in [6, 6.07) is 9.21. The zero-order chi connectivity index (χ0) is 12.3. The second-order valence-electron chi connectivity index (χ2n) is 3.36. The zero-order valence-corrected chi connectivity index (χ0v) is 9.98. The Labute approximate surface area is 103 Å². The van der Waals surface area contributed by atoms with Gasteiger partial charge in [-0.15, -0.1) is 11.3 Å². The van der Waals surface area contributed by atoms with E-state index in [0.29, 0.717) is 17.1 Å². The van der Waals surface area contributed by atoms with Crippen LogP contribution in [-0.4, -0.2) is 17.2 Å². The third kappa shape index (κ3) is 2.39. The van der Waals surface area contributed by atoms with Gasteiger partial charge in [0.2, 0.25) is 5.91 Å². The van der Waals surface area contributed by atoms with Gasteiger partial charge in [0.15, 0.2) is 11.4 Å². The number of thiazole rings is 1. The first-order valence-electron chi connectivity index (χ1n) is 4.99. The molecule has 0 saturated heterocycles. The summed E-state index contributed by atoms with van der Waals surface area (Å²) in [6.45, 7) is 1.47. The van der Waals surface area contributed by atoms with E-state index in [-0.39, 0.29) is 5.91 Å². The Hall–Kier alpha value is -2.01. The average molecular weight is 246 g/mol. The first-order valence-corrected chi connectivity index (χ1v) is 5.87. The van der Waals surface area contributed by atoms with Crippen LogP contribution in [-0.2, 0) is 4.79 Å². The number of aromatic nitrogens is 1. The van der Waals surface area contributed by atoms with Gasteiger partial charge in [-0.05, 0) is 12.1 Å². The zero-order valence-electron chi connectivity index (χ0n) is 9.16. The van der Waals surface area contributed by atoms with Gasteiger partial charge in [0.05, 0.1) is 5.69 Å². The Bertz CT molecular complexity index is 536. The van der Waals surface area contributed by atoms with Crippen LogP contribution in [0, 0.1) is 0 Å². The Morgan fingerprint density at radius 3 is 2.59 bits per heavy atom. The second kappa shape index (κ2) is 4.88. The average Bonchev–Trinajstić information content (AvgIpc) is 2.79. The molecule has 0 saturated carbocycles. The number of aldehydes is 1. The van der Waals surface area contributed by atoms with E-state index in [9.17, 15) is 9.59 Å². The van der Waals surface area contributed by atoms with Crippen molar-refractivity contribution in [1.29, 1.82) is 0 Å². The summed E-state index contributed by atoms with van der Waals surface area (Å²) in [4.78, 5) is 27.8. The lowest BCUT2D eigenvalue weighted by molar-refractivity contribution is -0.115. The Morgan fingerprint density at radius 2 is 2.06 bits per heavy atom. The van der Waals surface area contributed by atoms with Gasteiger partial charge in [-0.1, -0.05) is 18.2 Å². The largest absolute Gasteiger partial charge is 0.296 e. The minimum absolute atomic E-state index is 0.136. The number of hydrogen-bond acceptors (Lipinski definition) is 4. The molecule has 5 heteroatoms. The van der Waals surface area contributed by atoms with Gasteiger partial charge >= 0.3 is 0 Å². The van der Waals surface area contributed by atoms with Crippen LogP contribution in [0.25, 0.3) is 0 Å². The summed E-state index contributed by atoms with van der Waals surface area (Å²) in [5.74, 6) is -0.136. The topological polar surface area (TPSA) is 50.3 Å². The third-order valence-corrected chi connectivity index (χ3v) is 3.00. The lowest BCUT2D eigenvalue weighted by Gasteiger charge is -2.17. The van der Waals surface area contributed by atoms with Gasteiger partial charge in [0.25, 0.3) is 0 Å². The highest BCUT2D eigenvalue weighted by atomic mass is 32.1. The molecule has 4 nitrogen and oxygen atoms in total. The highest BCUT2D eigenvalue weighted by Crippen LogP contribution is 2.28. The highest BCUT2D eigenvalue weighted by Gasteiger charge is 2.17. The molecule has 1 aromatic heterocycles. The Balaban J connectivity index is 2.42. The number of carbonyl (C=O) groups excluding carboxylic acids is 2. The molecule has 0 aliphatic carbocycles. The molecular weight excluding hydrogens is 236 g/mol. The molecule has 0 aliphatic rings. The van der Waals surface area contributed by atoms with Gasteiger partial charge in [0.1, 0.15) is 5.69 Å². The number of nitrogens with zero attached hydrogens (tertiary/aromatic N) is 2. The summed E-state index contributed by atoms with van der Waals surface area (Å²) < 4.78 is 0. The number of hydrogen-bond donors (Lipinski definition) is 0. The van der Waals surface area contributed by atoms with Crippen LogP contribution in [0.2, 0.25) is 0 Å². The van der Waals surface area contributed by atoms with E-state index in [0.717, 1.165) is 5.69 Å². The molecule has 86 valence electrons. The second-order valence-corrected chi connectivity index (χ2v) is 4.20. The van der Waals surface area contributed by atoms with Crippen molar-refractivity contribution in [3.05, 3.63) is 41.4 Å². The van der Waals surface area contributed by atoms with Gasteiger partial charge < -0.3 is 0 Å². The number of anilines is 2. The molecule has 0 N–H and O–H groups in total. The van der Waals surface area contributed by atoms with Crippen LogP contribution in [0.15, 0.2) is 35.7 Å². The number of para-hydroxylation sites is 1. The van der Waals surface area contributed by atoms with E-state index in [2.05, 4.69) is 4.98 Å². The molecule has 0 bridgehead atoms. The summed E-state index contributed by atoms with van der Waals surface area (Å²) in [7, 11) is 0. The van der Waals surface area contributed by atoms with Crippen molar-refractivity contribution in [3.63, 3.8) is 0 Å². The summed E-state index contributed by atoms with van der Waals surface area (Å²) >= 11 is 1.27. The molecule has 0 radical (unpaired) electrons. The molecule has 1 aromatic carbocycles. The first-order chi connectivity index (χ1) is 8.22. The van der Waals surface area contributed by atoms with E-state index >= 15 is 0 Å². The fraction of sp³-hybridized carbons (Fsp3) is 0.0833. The molecule has 2 rings (SSSR count). The predicted octanol–water partition coefficient (Wildman–Crippen LogP) is 2.64. The number of rotatable bonds is 3. The van der Waals surface area contributed by atoms with Crippen molar-refractivity contribution in [3.8, 4) is 0 Å². The number of carbonyl (C=O) groups is 2. The summed E-state index contributed by atoms with van der Waals surface area (Å²) in [5.41, 5.74) is 1.08. The monoisotopic (exact) mass is 246 g/mol. The van der Waals surface area contributed by atoms with E-state index in [1.807, 2.05) is 30.3 Å². The maximum absolute atomic E-state index is 11.6. The molecular formula is C12H10N2O2S. The molecule has 1 amide bonds. The minimum atomic E-state index is -0.136. The quantitative estimate of drug-likeness (QED) is 0.782. The number of benzene rings is 1. The molecule has 0 unspecified atom stereocenters. The fourth-order valence-electron chi connectivity index (χ4n) is 1.44. The number of amides is 1. The fourth-order valence-corrected chi connectivity index (χ4v) is 2.27. The first kappa shape index (κ1) is 11.5. The van der Waals surface area contributed by atoms with Crippen LogP contribution in [0.5, 0.6) is 0 Å². The third-order valence-electron chi connectivity index (χ3n) is 2.15. The summed E-state index contributed by atoms with van der Waals surface area (Å²) in [5, 5.41) is 2.13. The predicted molar refractivity (Wildman–Crippen MR) is 66.8 cm³/mol. The molecule has 0 atom stereocenters. The van der Waals surface area contributed by atoms with Gasteiger partial charge in [-0.25, -0.2) is 4.98 Å².